The number of ether oxygens (including phenoxy) is 1. The van der Waals surface area contributed by atoms with Crippen molar-refractivity contribution < 1.29 is 9.84 Å². The van der Waals surface area contributed by atoms with Crippen molar-refractivity contribution in [1.82, 2.24) is 10.6 Å². The number of thioether (sulfide) groups is 1. The lowest BCUT2D eigenvalue weighted by Crippen LogP contribution is -2.42. The third-order valence-corrected chi connectivity index (χ3v) is 4.30. The van der Waals surface area contributed by atoms with Crippen molar-refractivity contribution in [1.29, 1.82) is 0 Å². The van der Waals surface area contributed by atoms with E-state index in [2.05, 4.69) is 22.8 Å². The fourth-order valence-corrected chi connectivity index (χ4v) is 2.93. The highest BCUT2D eigenvalue weighted by atomic mass is 32.2. The van der Waals surface area contributed by atoms with Crippen molar-refractivity contribution in [3.05, 3.63) is 24.3 Å². The molecule has 0 amide bonds. The van der Waals surface area contributed by atoms with Crippen LogP contribution in [0.5, 0.6) is 5.75 Å². The van der Waals surface area contributed by atoms with Gasteiger partial charge in [0.2, 0.25) is 0 Å². The van der Waals surface area contributed by atoms with Crippen LogP contribution in [0.1, 0.15) is 6.42 Å². The molecule has 0 spiro atoms. The molecule has 1 aliphatic heterocycles. The molecule has 0 aromatic heterocycles. The van der Waals surface area contributed by atoms with Crippen molar-refractivity contribution >= 4 is 11.8 Å². The Morgan fingerprint density at radius 2 is 2.21 bits per heavy atom. The first kappa shape index (κ1) is 14.7. The van der Waals surface area contributed by atoms with Gasteiger partial charge < -0.3 is 20.5 Å². The van der Waals surface area contributed by atoms with Gasteiger partial charge in [-0.05, 0) is 37.2 Å². The molecule has 1 aromatic carbocycles. The standard InChI is InChI=1S/C14H22N2O2S/c1-18-12-2-4-13(5-3-12)19-9-8-16-11-14(17)6-7-15-10-14/h2-5,15-17H,6-11H2,1H3. The highest BCUT2D eigenvalue weighted by Crippen LogP contribution is 2.20. The second-order valence-corrected chi connectivity index (χ2v) is 6.02. The van der Waals surface area contributed by atoms with Gasteiger partial charge >= 0.3 is 0 Å². The van der Waals surface area contributed by atoms with E-state index in [9.17, 15) is 5.11 Å². The molecule has 19 heavy (non-hydrogen) atoms. The van der Waals surface area contributed by atoms with E-state index >= 15 is 0 Å². The summed E-state index contributed by atoms with van der Waals surface area (Å²) in [5.41, 5.74) is -0.551. The first-order valence-corrected chi connectivity index (χ1v) is 7.61. The summed E-state index contributed by atoms with van der Waals surface area (Å²) in [7, 11) is 1.68. The minimum Gasteiger partial charge on any atom is -0.497 e. The number of nitrogens with one attached hydrogen (secondary N) is 2. The van der Waals surface area contributed by atoms with Crippen molar-refractivity contribution in [2.75, 3.05) is 39.0 Å². The summed E-state index contributed by atoms with van der Waals surface area (Å²) in [4.78, 5) is 1.24. The van der Waals surface area contributed by atoms with Crippen LogP contribution in [0.25, 0.3) is 0 Å². The van der Waals surface area contributed by atoms with Gasteiger partial charge in [-0.25, -0.2) is 0 Å². The van der Waals surface area contributed by atoms with Crippen LogP contribution in [0.15, 0.2) is 29.2 Å². The van der Waals surface area contributed by atoms with Crippen molar-refractivity contribution in [2.24, 2.45) is 0 Å². The molecule has 3 N–H and O–H groups in total. The van der Waals surface area contributed by atoms with Crippen LogP contribution in [0, 0.1) is 0 Å². The van der Waals surface area contributed by atoms with E-state index in [0.29, 0.717) is 13.1 Å². The Bertz CT molecular complexity index is 378. The number of hydrogen-bond donors (Lipinski definition) is 3. The number of aliphatic hydroxyl groups is 1. The molecule has 1 aromatic rings. The zero-order chi connectivity index (χ0) is 13.6. The Morgan fingerprint density at radius 1 is 1.42 bits per heavy atom. The zero-order valence-electron chi connectivity index (χ0n) is 11.3. The van der Waals surface area contributed by atoms with Crippen LogP contribution >= 0.6 is 11.8 Å². The summed E-state index contributed by atoms with van der Waals surface area (Å²) >= 11 is 1.81. The van der Waals surface area contributed by atoms with Gasteiger partial charge in [0.25, 0.3) is 0 Å². The lowest BCUT2D eigenvalue weighted by molar-refractivity contribution is 0.0619. The minimum atomic E-state index is -0.551. The Labute approximate surface area is 118 Å². The molecule has 5 heteroatoms. The average Bonchev–Trinajstić information content (AvgIpc) is 2.86. The third-order valence-electron chi connectivity index (χ3n) is 3.28. The van der Waals surface area contributed by atoms with E-state index in [0.717, 1.165) is 31.0 Å². The van der Waals surface area contributed by atoms with Crippen LogP contribution in [0.3, 0.4) is 0 Å². The molecule has 1 saturated heterocycles. The summed E-state index contributed by atoms with van der Waals surface area (Å²) in [6, 6.07) is 8.08. The van der Waals surface area contributed by atoms with Crippen molar-refractivity contribution in [3.63, 3.8) is 0 Å². The summed E-state index contributed by atoms with van der Waals surface area (Å²) in [6.45, 7) is 3.19. The fraction of sp³-hybridized carbons (Fsp3) is 0.571. The second kappa shape index (κ2) is 7.14. The van der Waals surface area contributed by atoms with E-state index < -0.39 is 5.60 Å². The Balaban J connectivity index is 1.61. The number of methoxy groups -OCH3 is 1. The molecule has 0 bridgehead atoms. The highest BCUT2D eigenvalue weighted by Gasteiger charge is 2.29. The molecular weight excluding hydrogens is 260 g/mol. The maximum Gasteiger partial charge on any atom is 0.118 e. The molecule has 1 atom stereocenters. The van der Waals surface area contributed by atoms with Gasteiger partial charge in [-0.1, -0.05) is 0 Å². The van der Waals surface area contributed by atoms with Crippen molar-refractivity contribution in [3.8, 4) is 5.75 Å². The minimum absolute atomic E-state index is 0.551. The third kappa shape index (κ3) is 4.69. The average molecular weight is 282 g/mol. The topological polar surface area (TPSA) is 53.5 Å². The maximum atomic E-state index is 10.1. The van der Waals surface area contributed by atoms with Crippen LogP contribution in [-0.2, 0) is 0 Å². The molecule has 0 radical (unpaired) electrons. The van der Waals surface area contributed by atoms with Crippen LogP contribution in [0.4, 0.5) is 0 Å². The van der Waals surface area contributed by atoms with Crippen molar-refractivity contribution in [2.45, 2.75) is 16.9 Å². The van der Waals surface area contributed by atoms with Crippen LogP contribution in [-0.4, -0.2) is 49.7 Å². The molecule has 106 valence electrons. The van der Waals surface area contributed by atoms with Gasteiger partial charge in [-0.3, -0.25) is 0 Å². The van der Waals surface area contributed by atoms with Crippen LogP contribution in [0.2, 0.25) is 0 Å². The molecule has 1 fully saturated rings. The maximum absolute atomic E-state index is 10.1. The molecule has 2 rings (SSSR count). The normalized spacial score (nSPS) is 22.6. The molecule has 1 unspecified atom stereocenters. The van der Waals surface area contributed by atoms with Gasteiger partial charge in [-0.2, -0.15) is 0 Å². The predicted octanol–water partition coefficient (Wildman–Crippen LogP) is 1.10. The lowest BCUT2D eigenvalue weighted by Gasteiger charge is -2.21. The van der Waals surface area contributed by atoms with Crippen LogP contribution < -0.4 is 15.4 Å². The van der Waals surface area contributed by atoms with E-state index in [1.165, 1.54) is 4.90 Å². The molecule has 4 nitrogen and oxygen atoms in total. The monoisotopic (exact) mass is 282 g/mol. The van der Waals surface area contributed by atoms with Gasteiger partial charge in [0.15, 0.2) is 0 Å². The Kier molecular flexibility index (Phi) is 5.51. The van der Waals surface area contributed by atoms with Gasteiger partial charge in [0.1, 0.15) is 5.75 Å². The lowest BCUT2D eigenvalue weighted by atomic mass is 10.0. The first-order valence-electron chi connectivity index (χ1n) is 6.63. The number of β-amino-alcohol motifs (C(OH)–C–C–N with tert-alkyl or cyclic N) is 1. The van der Waals surface area contributed by atoms with Gasteiger partial charge in [-0.15, -0.1) is 11.8 Å². The van der Waals surface area contributed by atoms with E-state index in [1.807, 2.05) is 12.1 Å². The number of rotatable bonds is 7. The molecule has 1 aliphatic rings. The summed E-state index contributed by atoms with van der Waals surface area (Å²) in [5, 5.41) is 16.6. The zero-order valence-corrected chi connectivity index (χ0v) is 12.1. The fourth-order valence-electron chi connectivity index (χ4n) is 2.12. The first-order chi connectivity index (χ1) is 9.22. The molecule has 0 saturated carbocycles. The number of benzene rings is 1. The van der Waals surface area contributed by atoms with E-state index in [4.69, 9.17) is 4.74 Å². The molecule has 0 aliphatic carbocycles. The Morgan fingerprint density at radius 3 is 2.84 bits per heavy atom. The van der Waals surface area contributed by atoms with E-state index in [1.54, 1.807) is 18.9 Å². The SMILES string of the molecule is COc1ccc(SCCNCC2(O)CCNC2)cc1. The largest absolute Gasteiger partial charge is 0.497 e. The van der Waals surface area contributed by atoms with Gasteiger partial charge in [0.05, 0.1) is 12.7 Å². The number of hydrogen-bond acceptors (Lipinski definition) is 5. The summed E-state index contributed by atoms with van der Waals surface area (Å²) < 4.78 is 5.12. The molecule has 1 heterocycles. The summed E-state index contributed by atoms with van der Waals surface area (Å²) in [5.74, 6) is 1.88. The highest BCUT2D eigenvalue weighted by molar-refractivity contribution is 7.99. The second-order valence-electron chi connectivity index (χ2n) is 4.85. The summed E-state index contributed by atoms with van der Waals surface area (Å²) in [6.07, 6.45) is 0.839. The smallest absolute Gasteiger partial charge is 0.118 e. The predicted molar refractivity (Wildman–Crippen MR) is 79.0 cm³/mol. The molecular formula is C14H22N2O2S. The Hall–Kier alpha value is -0.750. The van der Waals surface area contributed by atoms with E-state index in [-0.39, 0.29) is 0 Å². The van der Waals surface area contributed by atoms with Gasteiger partial charge in [0, 0.05) is 30.3 Å². The quantitative estimate of drug-likeness (QED) is 0.516.